The predicted molar refractivity (Wildman–Crippen MR) is 67.5 cm³/mol. The molecule has 2 N–H and O–H groups in total. The molecule has 0 bridgehead atoms. The molecular weight excluding hydrogens is 200 g/mol. The molecule has 0 saturated carbocycles. The highest BCUT2D eigenvalue weighted by Crippen LogP contribution is 2.13. The normalized spacial score (nSPS) is 12.9. The van der Waals surface area contributed by atoms with Gasteiger partial charge in [-0.25, -0.2) is 4.98 Å². The van der Waals surface area contributed by atoms with E-state index in [-0.39, 0.29) is 6.04 Å². The number of aromatic nitrogens is 2. The Labute approximate surface area is 97.9 Å². The fraction of sp³-hybridized carbons (Fsp3) is 0.667. The monoisotopic (exact) mass is 222 g/mol. The summed E-state index contributed by atoms with van der Waals surface area (Å²) >= 11 is 0. The first-order valence-electron chi connectivity index (χ1n) is 5.76. The molecule has 0 amide bonds. The Hall–Kier alpha value is -1.16. The van der Waals surface area contributed by atoms with Gasteiger partial charge in [-0.15, -0.1) is 0 Å². The second kappa shape index (κ2) is 5.80. The summed E-state index contributed by atoms with van der Waals surface area (Å²) in [5.41, 5.74) is 6.98. The van der Waals surface area contributed by atoms with Crippen LogP contribution in [-0.4, -0.2) is 29.6 Å². The van der Waals surface area contributed by atoms with Gasteiger partial charge in [0, 0.05) is 32.0 Å². The number of nitrogens with two attached hydrogens (primary N) is 1. The summed E-state index contributed by atoms with van der Waals surface area (Å²) in [5, 5.41) is 0. The Balaban J connectivity index is 2.53. The fourth-order valence-electron chi connectivity index (χ4n) is 1.56. The highest BCUT2D eigenvalue weighted by molar-refractivity contribution is 5.40. The molecule has 0 aliphatic rings. The summed E-state index contributed by atoms with van der Waals surface area (Å²) in [7, 11) is 2.03. The maximum atomic E-state index is 6.02. The Morgan fingerprint density at radius 3 is 2.50 bits per heavy atom. The minimum Gasteiger partial charge on any atom is -0.358 e. The van der Waals surface area contributed by atoms with E-state index in [2.05, 4.69) is 28.7 Å². The number of nitrogens with zero attached hydrogens (tertiary/aromatic N) is 3. The van der Waals surface area contributed by atoms with E-state index in [0.29, 0.717) is 5.92 Å². The first-order chi connectivity index (χ1) is 7.52. The number of hydrogen-bond acceptors (Lipinski definition) is 4. The minimum absolute atomic E-state index is 0.249. The van der Waals surface area contributed by atoms with Gasteiger partial charge in [0.1, 0.15) is 5.82 Å². The zero-order chi connectivity index (χ0) is 12.1. The highest BCUT2D eigenvalue weighted by atomic mass is 15.2. The zero-order valence-electron chi connectivity index (χ0n) is 10.6. The van der Waals surface area contributed by atoms with Gasteiger partial charge in [0.15, 0.2) is 0 Å². The van der Waals surface area contributed by atoms with Gasteiger partial charge in [0.2, 0.25) is 0 Å². The Bertz CT molecular complexity index is 325. The molecule has 0 spiro atoms. The van der Waals surface area contributed by atoms with Gasteiger partial charge in [-0.05, 0) is 19.3 Å². The van der Waals surface area contributed by atoms with Crippen LogP contribution < -0.4 is 10.6 Å². The van der Waals surface area contributed by atoms with Crippen LogP contribution >= 0.6 is 0 Å². The molecule has 1 unspecified atom stereocenters. The van der Waals surface area contributed by atoms with Crippen LogP contribution in [0.4, 0.5) is 5.82 Å². The van der Waals surface area contributed by atoms with Gasteiger partial charge < -0.3 is 10.6 Å². The molecule has 0 radical (unpaired) electrons. The van der Waals surface area contributed by atoms with Gasteiger partial charge in [0.25, 0.3) is 0 Å². The molecule has 1 rings (SSSR count). The molecule has 0 aliphatic heterocycles. The lowest BCUT2D eigenvalue weighted by atomic mass is 10.0. The van der Waals surface area contributed by atoms with E-state index < -0.39 is 0 Å². The number of hydrogen-bond donors (Lipinski definition) is 1. The smallest absolute Gasteiger partial charge is 0.149 e. The molecule has 1 heterocycles. The van der Waals surface area contributed by atoms with E-state index in [0.717, 1.165) is 24.5 Å². The quantitative estimate of drug-likeness (QED) is 0.822. The van der Waals surface area contributed by atoms with Crippen molar-refractivity contribution >= 4 is 5.82 Å². The average molecular weight is 222 g/mol. The van der Waals surface area contributed by atoms with Crippen molar-refractivity contribution in [2.75, 3.05) is 18.5 Å². The molecule has 4 heteroatoms. The average Bonchev–Trinajstić information content (AvgIpc) is 2.25. The summed E-state index contributed by atoms with van der Waals surface area (Å²) in [4.78, 5) is 10.7. The topological polar surface area (TPSA) is 55.0 Å². The van der Waals surface area contributed by atoms with Crippen molar-refractivity contribution in [3.05, 3.63) is 18.1 Å². The molecule has 4 nitrogen and oxygen atoms in total. The van der Waals surface area contributed by atoms with Crippen LogP contribution in [0.3, 0.4) is 0 Å². The third kappa shape index (κ3) is 3.45. The Kier molecular flexibility index (Phi) is 4.68. The van der Waals surface area contributed by atoms with Crippen LogP contribution in [0.5, 0.6) is 0 Å². The van der Waals surface area contributed by atoms with Crippen LogP contribution in [-0.2, 0) is 0 Å². The molecule has 0 aromatic carbocycles. The van der Waals surface area contributed by atoms with Gasteiger partial charge in [-0.3, -0.25) is 4.98 Å². The van der Waals surface area contributed by atoms with Crippen LogP contribution in [0.2, 0.25) is 0 Å². The van der Waals surface area contributed by atoms with Gasteiger partial charge in [-0.1, -0.05) is 13.8 Å². The lowest BCUT2D eigenvalue weighted by molar-refractivity contribution is 0.465. The van der Waals surface area contributed by atoms with E-state index in [9.17, 15) is 0 Å². The van der Waals surface area contributed by atoms with Gasteiger partial charge in [-0.2, -0.15) is 0 Å². The van der Waals surface area contributed by atoms with Gasteiger partial charge >= 0.3 is 0 Å². The minimum atomic E-state index is 0.249. The Morgan fingerprint density at radius 2 is 1.94 bits per heavy atom. The third-order valence-corrected chi connectivity index (χ3v) is 2.87. The maximum Gasteiger partial charge on any atom is 0.149 e. The van der Waals surface area contributed by atoms with Crippen LogP contribution in [0, 0.1) is 12.8 Å². The molecular formula is C12H22N4. The summed E-state index contributed by atoms with van der Waals surface area (Å²) in [6, 6.07) is 0.249. The zero-order valence-corrected chi connectivity index (χ0v) is 10.6. The molecule has 1 aromatic heterocycles. The fourth-order valence-corrected chi connectivity index (χ4v) is 1.56. The molecule has 1 aromatic rings. The van der Waals surface area contributed by atoms with E-state index in [1.54, 1.807) is 12.4 Å². The van der Waals surface area contributed by atoms with Crippen molar-refractivity contribution in [1.82, 2.24) is 9.97 Å². The van der Waals surface area contributed by atoms with Crippen molar-refractivity contribution in [2.24, 2.45) is 11.7 Å². The van der Waals surface area contributed by atoms with Gasteiger partial charge in [0.05, 0.1) is 5.69 Å². The summed E-state index contributed by atoms with van der Waals surface area (Å²) < 4.78 is 0. The van der Waals surface area contributed by atoms with Crippen molar-refractivity contribution in [2.45, 2.75) is 33.2 Å². The van der Waals surface area contributed by atoms with Crippen molar-refractivity contribution in [3.63, 3.8) is 0 Å². The number of aryl methyl sites for hydroxylation is 1. The first kappa shape index (κ1) is 12.9. The van der Waals surface area contributed by atoms with Crippen LogP contribution in [0.1, 0.15) is 26.0 Å². The van der Waals surface area contributed by atoms with Crippen LogP contribution in [0.25, 0.3) is 0 Å². The summed E-state index contributed by atoms with van der Waals surface area (Å²) in [5.74, 6) is 1.47. The number of rotatable bonds is 5. The van der Waals surface area contributed by atoms with E-state index in [1.807, 2.05) is 14.0 Å². The molecule has 1 atom stereocenters. The van der Waals surface area contributed by atoms with E-state index >= 15 is 0 Å². The second-order valence-electron chi connectivity index (χ2n) is 4.58. The van der Waals surface area contributed by atoms with E-state index in [4.69, 9.17) is 5.73 Å². The SMILES string of the molecule is Cc1nccnc1N(C)CCC(N)C(C)C. The predicted octanol–water partition coefficient (Wildman–Crippen LogP) is 1.59. The lowest BCUT2D eigenvalue weighted by Crippen LogP contribution is -2.32. The Morgan fingerprint density at radius 1 is 1.31 bits per heavy atom. The molecule has 0 saturated heterocycles. The van der Waals surface area contributed by atoms with Crippen molar-refractivity contribution in [3.8, 4) is 0 Å². The molecule has 0 aliphatic carbocycles. The number of anilines is 1. The second-order valence-corrected chi connectivity index (χ2v) is 4.58. The van der Waals surface area contributed by atoms with Crippen molar-refractivity contribution < 1.29 is 0 Å². The lowest BCUT2D eigenvalue weighted by Gasteiger charge is -2.22. The molecule has 16 heavy (non-hydrogen) atoms. The third-order valence-electron chi connectivity index (χ3n) is 2.87. The van der Waals surface area contributed by atoms with Crippen LogP contribution in [0.15, 0.2) is 12.4 Å². The molecule has 0 fully saturated rings. The summed E-state index contributed by atoms with van der Waals surface area (Å²) in [6.45, 7) is 7.19. The summed E-state index contributed by atoms with van der Waals surface area (Å²) in [6.07, 6.45) is 4.41. The molecule has 90 valence electrons. The first-order valence-corrected chi connectivity index (χ1v) is 5.76. The van der Waals surface area contributed by atoms with Crippen molar-refractivity contribution in [1.29, 1.82) is 0 Å². The standard InChI is InChI=1S/C12H22N4/c1-9(2)11(13)5-8-16(4)12-10(3)14-6-7-15-12/h6-7,9,11H,5,8,13H2,1-4H3. The largest absolute Gasteiger partial charge is 0.358 e. The van der Waals surface area contributed by atoms with E-state index in [1.165, 1.54) is 0 Å². The highest BCUT2D eigenvalue weighted by Gasteiger charge is 2.11. The maximum absolute atomic E-state index is 6.02.